The predicted molar refractivity (Wildman–Crippen MR) is 110 cm³/mol. The molecule has 5 nitrogen and oxygen atoms in total. The Kier molecular flexibility index (Phi) is 5.42. The second kappa shape index (κ2) is 7.33. The number of hydrogen-bond acceptors (Lipinski definition) is 5. The number of hydrogen-bond donors (Lipinski definition) is 2. The molecule has 0 bridgehead atoms. The van der Waals surface area contributed by atoms with Gasteiger partial charge in [0, 0.05) is 17.3 Å². The van der Waals surface area contributed by atoms with Crippen molar-refractivity contribution in [2.24, 2.45) is 9.50 Å². The molecule has 1 aromatic carbocycles. The van der Waals surface area contributed by atoms with Gasteiger partial charge in [0.2, 0.25) is 0 Å². The third-order valence-electron chi connectivity index (χ3n) is 4.57. The normalized spacial score (nSPS) is 18.5. The fourth-order valence-electron chi connectivity index (χ4n) is 3.30. The second-order valence-corrected chi connectivity index (χ2v) is 10.4. The number of aryl methyl sites for hydroxylation is 2. The quantitative estimate of drug-likeness (QED) is 0.760. The highest BCUT2D eigenvalue weighted by atomic mass is 32.2. The number of anilines is 1. The molecule has 2 heterocycles. The molecule has 0 saturated carbocycles. The summed E-state index contributed by atoms with van der Waals surface area (Å²) < 4.78 is 31.7. The van der Waals surface area contributed by atoms with E-state index < -0.39 is 9.92 Å². The highest BCUT2D eigenvalue weighted by Crippen LogP contribution is 2.38. The summed E-state index contributed by atoms with van der Waals surface area (Å²) in [5.74, 6) is -0.0264. The van der Waals surface area contributed by atoms with E-state index in [1.807, 2.05) is 33.8 Å². The molecular weight excluding hydrogens is 383 g/mol. The summed E-state index contributed by atoms with van der Waals surface area (Å²) in [6.45, 7) is 9.93. The monoisotopic (exact) mass is 408 g/mol. The summed E-state index contributed by atoms with van der Waals surface area (Å²) in [5, 5.41) is 10.2. The van der Waals surface area contributed by atoms with Gasteiger partial charge in [0.15, 0.2) is 0 Å². The smallest absolute Gasteiger partial charge is 0.146 e. The molecule has 0 spiro atoms. The van der Waals surface area contributed by atoms with Crippen molar-refractivity contribution < 1.29 is 8.60 Å². The van der Waals surface area contributed by atoms with Gasteiger partial charge in [-0.3, -0.25) is 0 Å². The minimum Gasteiger partial charge on any atom is -0.357 e. The van der Waals surface area contributed by atoms with E-state index in [9.17, 15) is 8.60 Å². The van der Waals surface area contributed by atoms with Crippen LogP contribution in [0.2, 0.25) is 0 Å². The van der Waals surface area contributed by atoms with Crippen LogP contribution in [0.5, 0.6) is 0 Å². The van der Waals surface area contributed by atoms with Crippen LogP contribution in [0.15, 0.2) is 32.5 Å². The zero-order chi connectivity index (χ0) is 19.9. The molecule has 146 valence electrons. The molecule has 8 heteroatoms. The van der Waals surface area contributed by atoms with E-state index in [4.69, 9.17) is 5.14 Å². The zero-order valence-electron chi connectivity index (χ0n) is 16.2. The Labute approximate surface area is 164 Å². The van der Waals surface area contributed by atoms with Crippen molar-refractivity contribution in [3.05, 3.63) is 51.6 Å². The molecular formula is C19H25FN4OS2. The van der Waals surface area contributed by atoms with Gasteiger partial charge in [-0.25, -0.2) is 23.1 Å². The molecule has 2 aromatic rings. The number of benzene rings is 1. The van der Waals surface area contributed by atoms with E-state index >= 15 is 0 Å². The molecule has 1 aliphatic heterocycles. The van der Waals surface area contributed by atoms with Crippen molar-refractivity contribution in [3.63, 3.8) is 0 Å². The third kappa shape index (κ3) is 4.07. The first kappa shape index (κ1) is 20.0. The summed E-state index contributed by atoms with van der Waals surface area (Å²) >= 11 is 1.32. The fourth-order valence-corrected chi connectivity index (χ4v) is 5.86. The third-order valence-corrected chi connectivity index (χ3v) is 7.74. The van der Waals surface area contributed by atoms with Gasteiger partial charge in [0.05, 0.1) is 17.2 Å². The standard InChI is InChI=1S/C19H25FN4OS2/c1-10(2)16-7-14(20)8-17-11(3)6-15(24-18(16)17)9-22-27(21,25)19-12(4)23-13(5)26-19/h6-8,10-11,24H,9H2,1-5H3,(H2,21,22,25). The van der Waals surface area contributed by atoms with E-state index in [1.165, 1.54) is 11.3 Å². The number of nitrogens with two attached hydrogens (primary N) is 1. The minimum atomic E-state index is -3.01. The molecule has 0 radical (unpaired) electrons. The average Bonchev–Trinajstić information content (AvgIpc) is 2.92. The van der Waals surface area contributed by atoms with Crippen molar-refractivity contribution in [3.8, 4) is 0 Å². The number of halogens is 1. The average molecular weight is 409 g/mol. The first-order valence-electron chi connectivity index (χ1n) is 8.84. The van der Waals surface area contributed by atoms with Gasteiger partial charge in [0.25, 0.3) is 0 Å². The lowest BCUT2D eigenvalue weighted by Crippen LogP contribution is -2.18. The molecule has 3 N–H and O–H groups in total. The van der Waals surface area contributed by atoms with Crippen molar-refractivity contribution >= 4 is 26.9 Å². The topological polar surface area (TPSA) is 80.4 Å². The summed E-state index contributed by atoms with van der Waals surface area (Å²) in [6, 6.07) is 3.14. The van der Waals surface area contributed by atoms with E-state index in [0.29, 0.717) is 9.90 Å². The fraction of sp³-hybridized carbons (Fsp3) is 0.421. The van der Waals surface area contributed by atoms with Gasteiger partial charge in [-0.05, 0) is 43.0 Å². The number of aromatic nitrogens is 1. The van der Waals surface area contributed by atoms with Crippen LogP contribution in [0.4, 0.5) is 10.1 Å². The predicted octanol–water partition coefficient (Wildman–Crippen LogP) is 4.84. The van der Waals surface area contributed by atoms with Crippen molar-refractivity contribution in [2.45, 2.75) is 50.7 Å². The van der Waals surface area contributed by atoms with E-state index in [2.05, 4.69) is 14.7 Å². The maximum absolute atomic E-state index is 14.0. The largest absolute Gasteiger partial charge is 0.357 e. The van der Waals surface area contributed by atoms with Gasteiger partial charge >= 0.3 is 0 Å². The molecule has 0 amide bonds. The SMILES string of the molecule is Cc1nc(C)c(S(N)(=O)=NCC2=CC(C)c3cc(F)cc(C(C)C)c3N2)s1. The highest BCUT2D eigenvalue weighted by molar-refractivity contribution is 7.93. The van der Waals surface area contributed by atoms with Crippen LogP contribution in [0, 0.1) is 19.7 Å². The number of rotatable bonds is 4. The Morgan fingerprint density at radius 2 is 2.11 bits per heavy atom. The lowest BCUT2D eigenvalue weighted by molar-refractivity contribution is 0.619. The molecule has 0 saturated heterocycles. The van der Waals surface area contributed by atoms with Crippen LogP contribution >= 0.6 is 11.3 Å². The van der Waals surface area contributed by atoms with E-state index in [0.717, 1.165) is 27.5 Å². The van der Waals surface area contributed by atoms with Crippen LogP contribution in [-0.2, 0) is 9.92 Å². The van der Waals surface area contributed by atoms with Gasteiger partial charge in [0.1, 0.15) is 19.9 Å². The number of thiazole rings is 1. The van der Waals surface area contributed by atoms with E-state index in [-0.39, 0.29) is 24.2 Å². The zero-order valence-corrected chi connectivity index (χ0v) is 17.8. The number of nitrogens with zero attached hydrogens (tertiary/aromatic N) is 2. The Hall–Kier alpha value is -1.77. The van der Waals surface area contributed by atoms with Crippen LogP contribution in [0.25, 0.3) is 0 Å². The van der Waals surface area contributed by atoms with Crippen LogP contribution in [0.3, 0.4) is 0 Å². The molecule has 1 aliphatic rings. The lowest BCUT2D eigenvalue weighted by atomic mass is 9.88. The number of nitrogens with one attached hydrogen (secondary N) is 1. The molecule has 1 aromatic heterocycles. The molecule has 2 atom stereocenters. The van der Waals surface area contributed by atoms with Crippen molar-refractivity contribution in [1.82, 2.24) is 4.98 Å². The lowest BCUT2D eigenvalue weighted by Gasteiger charge is -2.27. The Morgan fingerprint density at radius 1 is 1.41 bits per heavy atom. The molecule has 0 aliphatic carbocycles. The summed E-state index contributed by atoms with van der Waals surface area (Å²) in [7, 11) is -3.01. The molecule has 3 rings (SSSR count). The minimum absolute atomic E-state index is 0.0286. The van der Waals surface area contributed by atoms with E-state index in [1.54, 1.807) is 19.1 Å². The van der Waals surface area contributed by atoms with Gasteiger partial charge in [-0.2, -0.15) is 0 Å². The number of fused-ring (bicyclic) bond motifs is 1. The Bertz CT molecular complexity index is 1030. The molecule has 27 heavy (non-hydrogen) atoms. The second-order valence-electron chi connectivity index (χ2n) is 7.18. The Balaban J connectivity index is 1.93. The van der Waals surface area contributed by atoms with Crippen LogP contribution in [0.1, 0.15) is 54.4 Å². The Morgan fingerprint density at radius 3 is 2.70 bits per heavy atom. The van der Waals surface area contributed by atoms with Crippen molar-refractivity contribution in [1.29, 1.82) is 0 Å². The first-order valence-corrected chi connectivity index (χ1v) is 11.2. The summed E-state index contributed by atoms with van der Waals surface area (Å²) in [4.78, 5) is 4.29. The maximum atomic E-state index is 14.0. The first-order chi connectivity index (χ1) is 12.6. The highest BCUT2D eigenvalue weighted by Gasteiger charge is 2.22. The molecule has 2 unspecified atom stereocenters. The summed E-state index contributed by atoms with van der Waals surface area (Å²) in [6.07, 6.45) is 1.98. The summed E-state index contributed by atoms with van der Waals surface area (Å²) in [5.41, 5.74) is 4.24. The molecule has 0 fully saturated rings. The van der Waals surface area contributed by atoms with Gasteiger partial charge in [-0.1, -0.05) is 26.8 Å². The van der Waals surface area contributed by atoms with Crippen LogP contribution in [-0.4, -0.2) is 15.7 Å². The maximum Gasteiger partial charge on any atom is 0.146 e. The number of allylic oxidation sites excluding steroid dienone is 1. The van der Waals surface area contributed by atoms with Crippen LogP contribution < -0.4 is 10.5 Å². The van der Waals surface area contributed by atoms with Gasteiger partial charge < -0.3 is 5.32 Å². The van der Waals surface area contributed by atoms with Gasteiger partial charge in [-0.15, -0.1) is 11.3 Å². The van der Waals surface area contributed by atoms with Crippen molar-refractivity contribution in [2.75, 3.05) is 11.9 Å².